The minimum Gasteiger partial charge on any atom is -0.492 e. The fourth-order valence-corrected chi connectivity index (χ4v) is 4.28. The summed E-state index contributed by atoms with van der Waals surface area (Å²) in [6.45, 7) is 0.512. The van der Waals surface area contributed by atoms with Gasteiger partial charge in [0.15, 0.2) is 0 Å². The van der Waals surface area contributed by atoms with Gasteiger partial charge in [-0.3, -0.25) is 4.79 Å². The second-order valence-corrected chi connectivity index (χ2v) is 6.68. The quantitative estimate of drug-likeness (QED) is 0.855. The molecule has 2 N–H and O–H groups in total. The maximum atomic E-state index is 12.9. The van der Waals surface area contributed by atoms with Crippen LogP contribution in [0.2, 0.25) is 0 Å². The molecule has 2 fully saturated rings. The molecule has 2 saturated heterocycles. The van der Waals surface area contributed by atoms with Gasteiger partial charge in [-0.25, -0.2) is 0 Å². The third-order valence-corrected chi connectivity index (χ3v) is 5.25. The predicted molar refractivity (Wildman–Crippen MR) is 80.0 cm³/mol. The molecule has 1 amide bonds. The summed E-state index contributed by atoms with van der Waals surface area (Å²) in [4.78, 5) is 15.1. The van der Waals surface area contributed by atoms with Gasteiger partial charge in [-0.05, 0) is 43.7 Å². The second-order valence-electron chi connectivity index (χ2n) is 6.68. The monoisotopic (exact) mass is 286 g/mol. The number of fused-ring (bicyclic) bond motifs is 3. The molecular formula is C17H22N2O2. The van der Waals surface area contributed by atoms with Gasteiger partial charge in [0, 0.05) is 18.1 Å². The van der Waals surface area contributed by atoms with Crippen LogP contribution >= 0.6 is 0 Å². The number of para-hydroxylation sites is 1. The first-order chi connectivity index (χ1) is 10.2. The SMILES string of the molecule is NC1CC2CCC(C1)N2C(=O)C1COc2ccccc2C1. The molecule has 1 aromatic carbocycles. The van der Waals surface area contributed by atoms with E-state index >= 15 is 0 Å². The highest BCUT2D eigenvalue weighted by Crippen LogP contribution is 2.37. The summed E-state index contributed by atoms with van der Waals surface area (Å²) in [5, 5.41) is 0. The van der Waals surface area contributed by atoms with E-state index in [2.05, 4.69) is 11.0 Å². The molecule has 3 atom stereocenters. The van der Waals surface area contributed by atoms with Gasteiger partial charge in [0.05, 0.1) is 5.92 Å². The number of rotatable bonds is 1. The highest BCUT2D eigenvalue weighted by atomic mass is 16.5. The zero-order valence-electron chi connectivity index (χ0n) is 12.2. The summed E-state index contributed by atoms with van der Waals surface area (Å²) >= 11 is 0. The van der Waals surface area contributed by atoms with E-state index in [-0.39, 0.29) is 17.9 Å². The lowest BCUT2D eigenvalue weighted by Crippen LogP contribution is -2.53. The number of carbonyl (C=O) groups is 1. The first kappa shape index (κ1) is 13.1. The van der Waals surface area contributed by atoms with Crippen molar-refractivity contribution >= 4 is 5.91 Å². The Balaban J connectivity index is 1.52. The number of carbonyl (C=O) groups excluding carboxylic acids is 1. The molecule has 112 valence electrons. The minimum atomic E-state index is -0.0303. The molecule has 0 spiro atoms. The van der Waals surface area contributed by atoms with E-state index in [4.69, 9.17) is 10.5 Å². The van der Waals surface area contributed by atoms with Crippen molar-refractivity contribution in [3.63, 3.8) is 0 Å². The normalized spacial score (nSPS) is 34.2. The maximum Gasteiger partial charge on any atom is 0.229 e. The molecule has 21 heavy (non-hydrogen) atoms. The Kier molecular flexibility index (Phi) is 3.14. The average Bonchev–Trinajstić information content (AvgIpc) is 2.78. The van der Waals surface area contributed by atoms with Crippen LogP contribution in [0.1, 0.15) is 31.2 Å². The molecule has 0 aliphatic carbocycles. The van der Waals surface area contributed by atoms with E-state index in [1.54, 1.807) is 0 Å². The third kappa shape index (κ3) is 2.22. The van der Waals surface area contributed by atoms with Crippen LogP contribution in [-0.4, -0.2) is 35.5 Å². The third-order valence-electron chi connectivity index (χ3n) is 5.25. The smallest absolute Gasteiger partial charge is 0.229 e. The van der Waals surface area contributed by atoms with E-state index in [0.29, 0.717) is 18.7 Å². The lowest BCUT2D eigenvalue weighted by Gasteiger charge is -2.40. The Morgan fingerprint density at radius 3 is 2.67 bits per heavy atom. The van der Waals surface area contributed by atoms with Gasteiger partial charge in [0.2, 0.25) is 5.91 Å². The predicted octanol–water partition coefficient (Wildman–Crippen LogP) is 1.72. The van der Waals surface area contributed by atoms with Gasteiger partial charge in [0.1, 0.15) is 12.4 Å². The van der Waals surface area contributed by atoms with E-state index in [1.165, 1.54) is 0 Å². The highest BCUT2D eigenvalue weighted by Gasteiger charge is 2.44. The molecule has 0 radical (unpaired) electrons. The average molecular weight is 286 g/mol. The summed E-state index contributed by atoms with van der Waals surface area (Å²) in [6, 6.07) is 9.04. The largest absolute Gasteiger partial charge is 0.492 e. The van der Waals surface area contributed by atoms with Gasteiger partial charge in [-0.1, -0.05) is 18.2 Å². The zero-order valence-corrected chi connectivity index (χ0v) is 12.2. The van der Waals surface area contributed by atoms with Gasteiger partial charge in [-0.2, -0.15) is 0 Å². The number of amides is 1. The van der Waals surface area contributed by atoms with Crippen molar-refractivity contribution in [2.45, 2.75) is 50.2 Å². The van der Waals surface area contributed by atoms with Crippen LogP contribution in [0.4, 0.5) is 0 Å². The molecule has 3 unspecified atom stereocenters. The van der Waals surface area contributed by atoms with Crippen LogP contribution in [0.3, 0.4) is 0 Å². The van der Waals surface area contributed by atoms with Crippen molar-refractivity contribution in [3.05, 3.63) is 29.8 Å². The van der Waals surface area contributed by atoms with Crippen LogP contribution in [0.15, 0.2) is 24.3 Å². The van der Waals surface area contributed by atoms with Crippen LogP contribution in [0, 0.1) is 5.92 Å². The van der Waals surface area contributed by atoms with Gasteiger partial charge in [0.25, 0.3) is 0 Å². The van der Waals surface area contributed by atoms with Crippen molar-refractivity contribution < 1.29 is 9.53 Å². The number of benzene rings is 1. The number of hydrogen-bond acceptors (Lipinski definition) is 3. The van der Waals surface area contributed by atoms with E-state index in [0.717, 1.165) is 43.4 Å². The van der Waals surface area contributed by atoms with Crippen molar-refractivity contribution in [3.8, 4) is 5.75 Å². The summed E-state index contributed by atoms with van der Waals surface area (Å²) in [6.07, 6.45) is 4.97. The number of ether oxygens (including phenoxy) is 1. The molecule has 3 aliphatic heterocycles. The molecule has 4 rings (SSSR count). The highest BCUT2D eigenvalue weighted by molar-refractivity contribution is 5.81. The first-order valence-corrected chi connectivity index (χ1v) is 8.01. The standard InChI is InChI=1S/C17H22N2O2/c18-13-8-14-5-6-15(9-13)19(14)17(20)12-7-11-3-1-2-4-16(11)21-10-12/h1-4,12-15H,5-10,18H2. The second kappa shape index (κ2) is 5.02. The Morgan fingerprint density at radius 2 is 1.90 bits per heavy atom. The molecule has 4 heteroatoms. The summed E-state index contributed by atoms with van der Waals surface area (Å²) in [7, 11) is 0. The Morgan fingerprint density at radius 1 is 1.19 bits per heavy atom. The maximum absolute atomic E-state index is 12.9. The summed E-state index contributed by atoms with van der Waals surface area (Å²) < 4.78 is 5.79. The Bertz CT molecular complexity index is 545. The number of nitrogens with two attached hydrogens (primary N) is 1. The van der Waals surface area contributed by atoms with E-state index in [9.17, 15) is 4.79 Å². The molecule has 3 heterocycles. The Hall–Kier alpha value is -1.55. The number of hydrogen-bond donors (Lipinski definition) is 1. The molecule has 2 bridgehead atoms. The van der Waals surface area contributed by atoms with Crippen molar-refractivity contribution in [1.82, 2.24) is 4.90 Å². The van der Waals surface area contributed by atoms with Crippen LogP contribution < -0.4 is 10.5 Å². The van der Waals surface area contributed by atoms with Crippen LogP contribution in [0.25, 0.3) is 0 Å². The van der Waals surface area contributed by atoms with Crippen LogP contribution in [-0.2, 0) is 11.2 Å². The van der Waals surface area contributed by atoms with E-state index < -0.39 is 0 Å². The Labute approximate surface area is 125 Å². The van der Waals surface area contributed by atoms with Gasteiger partial charge in [-0.15, -0.1) is 0 Å². The van der Waals surface area contributed by atoms with Crippen molar-refractivity contribution in [1.29, 1.82) is 0 Å². The summed E-state index contributed by atoms with van der Waals surface area (Å²) in [5.74, 6) is 1.19. The van der Waals surface area contributed by atoms with Crippen molar-refractivity contribution in [2.75, 3.05) is 6.61 Å². The summed E-state index contributed by atoms with van der Waals surface area (Å²) in [5.41, 5.74) is 7.25. The van der Waals surface area contributed by atoms with Crippen molar-refractivity contribution in [2.24, 2.45) is 11.7 Å². The van der Waals surface area contributed by atoms with Crippen LogP contribution in [0.5, 0.6) is 5.75 Å². The number of nitrogens with zero attached hydrogens (tertiary/aromatic N) is 1. The molecule has 0 aromatic heterocycles. The molecule has 4 nitrogen and oxygen atoms in total. The molecule has 0 saturated carbocycles. The fraction of sp³-hybridized carbons (Fsp3) is 0.588. The topological polar surface area (TPSA) is 55.6 Å². The minimum absolute atomic E-state index is 0.0303. The fourth-order valence-electron chi connectivity index (χ4n) is 4.28. The zero-order chi connectivity index (χ0) is 14.4. The van der Waals surface area contributed by atoms with Gasteiger partial charge >= 0.3 is 0 Å². The molecule has 3 aliphatic rings. The lowest BCUT2D eigenvalue weighted by molar-refractivity contribution is -0.141. The lowest BCUT2D eigenvalue weighted by atomic mass is 9.92. The molecule has 1 aromatic rings. The van der Waals surface area contributed by atoms with E-state index in [1.807, 2.05) is 18.2 Å². The van der Waals surface area contributed by atoms with Gasteiger partial charge < -0.3 is 15.4 Å². The first-order valence-electron chi connectivity index (χ1n) is 8.01. The molecular weight excluding hydrogens is 264 g/mol. The number of piperidine rings is 1.